The van der Waals surface area contributed by atoms with Crippen molar-refractivity contribution in [3.63, 3.8) is 0 Å². The Labute approximate surface area is 424 Å². The molecule has 2 saturated heterocycles. The predicted molar refractivity (Wildman–Crippen MR) is 275 cm³/mol. The number of amides is 3. The van der Waals surface area contributed by atoms with E-state index in [1.165, 1.54) is 18.3 Å². The first kappa shape index (κ1) is 50.5. The van der Waals surface area contributed by atoms with E-state index in [1.54, 1.807) is 61.3 Å². The molecule has 3 atom stereocenters. The van der Waals surface area contributed by atoms with Crippen molar-refractivity contribution in [2.24, 2.45) is 5.92 Å². The second-order valence-electron chi connectivity index (χ2n) is 19.9. The zero-order valence-corrected chi connectivity index (χ0v) is 42.7. The molecular weight excluding hydrogens is 933 g/mol. The third kappa shape index (κ3) is 11.0. The van der Waals surface area contributed by atoms with E-state index in [2.05, 4.69) is 20.5 Å². The maximum Gasteiger partial charge on any atom is 0.263 e. The lowest BCUT2D eigenvalue weighted by Crippen LogP contribution is -2.55. The average Bonchev–Trinajstić information content (AvgIpc) is 4.22. The number of fused-ring (bicyclic) bond motifs is 1. The summed E-state index contributed by atoms with van der Waals surface area (Å²) in [6.07, 6.45) is 14.5. The highest BCUT2D eigenvalue weighted by Crippen LogP contribution is 2.37. The number of hydrogen-bond donors (Lipinski definition) is 2. The molecule has 0 unspecified atom stereocenters. The summed E-state index contributed by atoms with van der Waals surface area (Å²) in [4.78, 5) is 105. The van der Waals surface area contributed by atoms with E-state index in [0.29, 0.717) is 78.2 Å². The fraction of sp³-hybridized carbons (Fsp3) is 0.519. The topological polar surface area (TPSA) is 202 Å². The minimum atomic E-state index is -0.596. The van der Waals surface area contributed by atoms with Gasteiger partial charge < -0.3 is 30.1 Å². The molecule has 18 heteroatoms. The van der Waals surface area contributed by atoms with Crippen LogP contribution in [0.5, 0.6) is 5.75 Å². The number of ketones is 2. The summed E-state index contributed by atoms with van der Waals surface area (Å²) in [6.45, 7) is 8.15. The highest BCUT2D eigenvalue weighted by molar-refractivity contribution is 7.10. The standard InChI is InChI=1S/C54H66N10O7S/c1-33-42-31-57-45(59-50(42)64(39-15-8-9-16-39)53(69)47(33)35(3)65)29-38-19-20-40(30-56-38)61-23-25-62(26-24-61)46(66)21-27-71-41-17-10-14-37(28-41)49(67)43-32-72-52(58-43)44-18-11-22-63(44)54(70)48(36-12-6-5-7-13-36)60-51(68)34(2)55-4/h10,14,17,19-20,28,30-32,34,36,39,44,48,55H,5-9,11-13,15-16,18,21-27,29H2,1-4H3,(H,60,68)/t34-,44-,48-/m0/s1. The number of likely N-dealkylation sites (N-methyl/N-ethyl adjacent to an activating group) is 1. The first-order valence-electron chi connectivity index (χ1n) is 25.8. The van der Waals surface area contributed by atoms with Gasteiger partial charge in [-0.3, -0.25) is 38.3 Å². The number of anilines is 1. The summed E-state index contributed by atoms with van der Waals surface area (Å²) in [7, 11) is 1.73. The molecule has 4 fully saturated rings. The van der Waals surface area contributed by atoms with E-state index in [0.717, 1.165) is 87.4 Å². The predicted octanol–water partition coefficient (Wildman–Crippen LogP) is 6.55. The highest BCUT2D eigenvalue weighted by atomic mass is 32.1. The molecule has 72 heavy (non-hydrogen) atoms. The van der Waals surface area contributed by atoms with Gasteiger partial charge in [-0.05, 0) is 102 Å². The molecule has 17 nitrogen and oxygen atoms in total. The number of nitrogens with zero attached hydrogens (tertiary/aromatic N) is 8. The first-order valence-corrected chi connectivity index (χ1v) is 26.7. The lowest BCUT2D eigenvalue weighted by molar-refractivity contribution is -0.139. The van der Waals surface area contributed by atoms with Gasteiger partial charge in [0.2, 0.25) is 23.5 Å². The molecule has 2 N–H and O–H groups in total. The molecule has 2 aliphatic carbocycles. The van der Waals surface area contributed by atoms with Crippen molar-refractivity contribution in [1.29, 1.82) is 0 Å². The van der Waals surface area contributed by atoms with Crippen LogP contribution in [0.1, 0.15) is 151 Å². The van der Waals surface area contributed by atoms with Gasteiger partial charge in [-0.25, -0.2) is 15.0 Å². The second kappa shape index (κ2) is 22.6. The van der Waals surface area contributed by atoms with Crippen molar-refractivity contribution in [1.82, 2.24) is 44.9 Å². The number of rotatable bonds is 17. The molecule has 9 rings (SSSR count). The van der Waals surface area contributed by atoms with Crippen LogP contribution in [0.25, 0.3) is 11.0 Å². The number of hydrogen-bond acceptors (Lipinski definition) is 14. The minimum absolute atomic E-state index is 0.00809. The zero-order valence-electron chi connectivity index (χ0n) is 41.9. The number of carbonyl (C=O) groups is 5. The van der Waals surface area contributed by atoms with E-state index in [9.17, 15) is 28.8 Å². The molecule has 0 spiro atoms. The molecule has 380 valence electrons. The van der Waals surface area contributed by atoms with Crippen LogP contribution in [0.4, 0.5) is 5.69 Å². The summed E-state index contributed by atoms with van der Waals surface area (Å²) >= 11 is 1.38. The summed E-state index contributed by atoms with van der Waals surface area (Å²) in [5.74, 6) is 0.355. The zero-order chi connectivity index (χ0) is 50.5. The fourth-order valence-electron chi connectivity index (χ4n) is 11.0. The van der Waals surface area contributed by atoms with Crippen molar-refractivity contribution >= 4 is 57.3 Å². The number of aromatic nitrogens is 5. The van der Waals surface area contributed by atoms with Crippen molar-refractivity contribution in [2.75, 3.05) is 51.3 Å². The third-order valence-electron chi connectivity index (χ3n) is 15.2. The first-order chi connectivity index (χ1) is 34.9. The Bertz CT molecular complexity index is 2860. The lowest BCUT2D eigenvalue weighted by atomic mass is 9.83. The summed E-state index contributed by atoms with van der Waals surface area (Å²) in [5, 5.41) is 9.25. The smallest absolute Gasteiger partial charge is 0.263 e. The van der Waals surface area contributed by atoms with Crippen LogP contribution in [0.2, 0.25) is 0 Å². The maximum absolute atomic E-state index is 14.2. The van der Waals surface area contributed by atoms with Crippen LogP contribution in [0, 0.1) is 12.8 Å². The second-order valence-corrected chi connectivity index (χ2v) is 20.7. The van der Waals surface area contributed by atoms with Gasteiger partial charge in [0.15, 0.2) is 5.78 Å². The van der Waals surface area contributed by atoms with E-state index in [-0.39, 0.29) is 71.4 Å². The van der Waals surface area contributed by atoms with Crippen molar-refractivity contribution in [3.05, 3.63) is 103 Å². The van der Waals surface area contributed by atoms with E-state index >= 15 is 0 Å². The van der Waals surface area contributed by atoms with Gasteiger partial charge in [-0.15, -0.1) is 11.3 Å². The van der Waals surface area contributed by atoms with Crippen molar-refractivity contribution in [2.45, 2.75) is 128 Å². The Hall–Kier alpha value is -6.40. The van der Waals surface area contributed by atoms with E-state index in [1.807, 2.05) is 28.1 Å². The van der Waals surface area contributed by atoms with Gasteiger partial charge in [-0.1, -0.05) is 44.2 Å². The summed E-state index contributed by atoms with van der Waals surface area (Å²) in [6, 6.07) is 9.63. The number of aryl methyl sites for hydroxylation is 1. The summed E-state index contributed by atoms with van der Waals surface area (Å²) in [5.41, 5.74) is 3.60. The Kier molecular flexibility index (Phi) is 15.8. The molecule has 4 aliphatic rings. The van der Waals surface area contributed by atoms with Crippen LogP contribution in [-0.4, -0.2) is 122 Å². The quantitative estimate of drug-likeness (QED) is 0.0952. The molecule has 3 amide bonds. The number of pyridine rings is 2. The molecule has 0 bridgehead atoms. The van der Waals surface area contributed by atoms with Crippen LogP contribution in [0.15, 0.2) is 59.0 Å². The molecule has 2 saturated carbocycles. The van der Waals surface area contributed by atoms with Crippen LogP contribution < -0.4 is 25.8 Å². The normalized spacial score (nSPS) is 18.6. The van der Waals surface area contributed by atoms with Gasteiger partial charge in [0.05, 0.1) is 49.0 Å². The number of piperazine rings is 1. The fourth-order valence-corrected chi connectivity index (χ4v) is 12.0. The number of Topliss-reactive ketones (excluding diaryl/α,β-unsaturated/α-hetero) is 1. The molecule has 6 heterocycles. The number of thiazole rings is 1. The minimum Gasteiger partial charge on any atom is -0.493 e. The largest absolute Gasteiger partial charge is 0.493 e. The van der Waals surface area contributed by atoms with Crippen LogP contribution in [0.3, 0.4) is 0 Å². The molecule has 2 aliphatic heterocycles. The third-order valence-corrected chi connectivity index (χ3v) is 16.2. The highest BCUT2D eigenvalue weighted by Gasteiger charge is 2.40. The summed E-state index contributed by atoms with van der Waals surface area (Å²) < 4.78 is 7.74. The molecule has 1 aromatic carbocycles. The number of benzene rings is 1. The Morgan fingerprint density at radius 2 is 1.64 bits per heavy atom. The Morgan fingerprint density at radius 1 is 0.875 bits per heavy atom. The molecular formula is C54H66N10O7S. The Balaban J connectivity index is 0.754. The van der Waals surface area contributed by atoms with E-state index in [4.69, 9.17) is 19.7 Å². The van der Waals surface area contributed by atoms with Crippen molar-refractivity contribution < 1.29 is 28.7 Å². The number of nitrogens with one attached hydrogen (secondary N) is 2. The van der Waals surface area contributed by atoms with Crippen LogP contribution in [-0.2, 0) is 20.8 Å². The monoisotopic (exact) mass is 998 g/mol. The molecule has 5 aromatic rings. The Morgan fingerprint density at radius 3 is 2.36 bits per heavy atom. The van der Waals surface area contributed by atoms with Gasteiger partial charge >= 0.3 is 0 Å². The number of likely N-dealkylation sites (tertiary alicyclic amines) is 1. The number of ether oxygens (including phenoxy) is 1. The average molecular weight is 999 g/mol. The van der Waals surface area contributed by atoms with Gasteiger partial charge in [-0.2, -0.15) is 0 Å². The van der Waals surface area contributed by atoms with Crippen LogP contribution >= 0.6 is 11.3 Å². The SMILES string of the molecule is CN[C@@H](C)C(=O)N[C@H](C(=O)N1CCC[C@H]1c1nc(C(=O)c2cccc(OCCC(=O)N3CCN(c4ccc(Cc5ncc6c(C)c(C(C)=O)c(=O)n(C7CCCC7)c6n5)nc4)CC3)c2)cs1)C1CCCCC1. The van der Waals surface area contributed by atoms with Gasteiger partial charge in [0, 0.05) is 67.0 Å². The van der Waals surface area contributed by atoms with Crippen molar-refractivity contribution in [3.8, 4) is 5.75 Å². The van der Waals surface area contributed by atoms with Gasteiger partial charge in [0.1, 0.15) is 34.0 Å². The molecule has 0 radical (unpaired) electrons. The number of carbonyl (C=O) groups excluding carboxylic acids is 5. The van der Waals surface area contributed by atoms with Gasteiger partial charge in [0.25, 0.3) is 5.56 Å². The maximum atomic E-state index is 14.2. The lowest BCUT2D eigenvalue weighted by Gasteiger charge is -2.36. The molecule has 4 aromatic heterocycles. The van der Waals surface area contributed by atoms with E-state index < -0.39 is 12.1 Å².